The van der Waals surface area contributed by atoms with Gasteiger partial charge < -0.3 is 9.80 Å². The van der Waals surface area contributed by atoms with Crippen molar-refractivity contribution in [3.05, 3.63) is 71.3 Å². The molecule has 2 aromatic carbocycles. The zero-order valence-corrected chi connectivity index (χ0v) is 18.4. The number of nitriles is 1. The van der Waals surface area contributed by atoms with E-state index in [1.165, 1.54) is 11.1 Å². The molecule has 0 saturated carbocycles. The fourth-order valence-corrected chi connectivity index (χ4v) is 4.61. The highest BCUT2D eigenvalue weighted by Crippen LogP contribution is 2.22. The maximum absolute atomic E-state index is 13.2. The first-order valence-corrected chi connectivity index (χ1v) is 11.4. The van der Waals surface area contributed by atoms with Gasteiger partial charge in [-0.05, 0) is 36.1 Å². The highest BCUT2D eigenvalue weighted by atomic mass is 16.2. The number of carbonyl (C=O) groups is 2. The van der Waals surface area contributed by atoms with Gasteiger partial charge in [-0.3, -0.25) is 14.5 Å². The van der Waals surface area contributed by atoms with Crippen molar-refractivity contribution in [3.8, 4) is 6.07 Å². The number of carbonyl (C=O) groups excluding carboxylic acids is 2. The molecule has 0 unspecified atom stereocenters. The first kappa shape index (κ1) is 22.0. The Morgan fingerprint density at radius 2 is 1.75 bits per heavy atom. The summed E-state index contributed by atoms with van der Waals surface area (Å²) in [5.41, 5.74) is 3.06. The molecule has 2 aliphatic heterocycles. The van der Waals surface area contributed by atoms with E-state index in [1.54, 1.807) is 0 Å². The van der Waals surface area contributed by atoms with Gasteiger partial charge in [-0.1, -0.05) is 42.5 Å². The molecule has 166 valence electrons. The van der Waals surface area contributed by atoms with Crippen molar-refractivity contribution in [2.75, 3.05) is 39.3 Å². The fourth-order valence-electron chi connectivity index (χ4n) is 4.61. The molecule has 2 aromatic rings. The highest BCUT2D eigenvalue weighted by Gasteiger charge is 2.36. The van der Waals surface area contributed by atoms with Gasteiger partial charge in [0.05, 0.1) is 17.6 Å². The van der Waals surface area contributed by atoms with Gasteiger partial charge in [0.2, 0.25) is 11.8 Å². The first-order valence-electron chi connectivity index (χ1n) is 11.4. The van der Waals surface area contributed by atoms with Crippen LogP contribution in [0.3, 0.4) is 0 Å². The summed E-state index contributed by atoms with van der Waals surface area (Å²) in [6.07, 6.45) is 2.08. The van der Waals surface area contributed by atoms with Crippen LogP contribution in [-0.2, 0) is 22.6 Å². The summed E-state index contributed by atoms with van der Waals surface area (Å²) in [5.74, 6) is 0.000629. The van der Waals surface area contributed by atoms with Crippen molar-refractivity contribution in [2.45, 2.75) is 25.8 Å². The van der Waals surface area contributed by atoms with Crippen LogP contribution >= 0.6 is 0 Å². The number of benzene rings is 2. The lowest BCUT2D eigenvalue weighted by Gasteiger charge is -2.24. The molecule has 2 fully saturated rings. The van der Waals surface area contributed by atoms with E-state index in [0.29, 0.717) is 31.6 Å². The Bertz CT molecular complexity index is 968. The second-order valence-electron chi connectivity index (χ2n) is 8.74. The molecule has 2 aliphatic rings. The molecule has 4 rings (SSSR count). The molecule has 6 nitrogen and oxygen atoms in total. The highest BCUT2D eigenvalue weighted by molar-refractivity contribution is 5.89. The summed E-state index contributed by atoms with van der Waals surface area (Å²) in [5, 5.41) is 8.95. The fraction of sp³-hybridized carbons (Fsp3) is 0.423. The first-order chi connectivity index (χ1) is 15.6. The van der Waals surface area contributed by atoms with Crippen LogP contribution in [0.5, 0.6) is 0 Å². The summed E-state index contributed by atoms with van der Waals surface area (Å²) in [4.78, 5) is 31.8. The Kier molecular flexibility index (Phi) is 7.18. The average Bonchev–Trinajstić information content (AvgIpc) is 3.04. The third kappa shape index (κ3) is 5.54. The van der Waals surface area contributed by atoms with Gasteiger partial charge in [0.15, 0.2) is 0 Å². The number of nitrogens with zero attached hydrogens (tertiary/aromatic N) is 4. The van der Waals surface area contributed by atoms with E-state index in [2.05, 4.69) is 23.1 Å². The van der Waals surface area contributed by atoms with Gasteiger partial charge in [0.25, 0.3) is 0 Å². The molecule has 2 heterocycles. The van der Waals surface area contributed by atoms with Gasteiger partial charge in [-0.25, -0.2) is 0 Å². The third-order valence-electron chi connectivity index (χ3n) is 6.47. The molecule has 0 N–H and O–H groups in total. The van der Waals surface area contributed by atoms with Crippen LogP contribution < -0.4 is 0 Å². The normalized spacial score (nSPS) is 19.6. The Morgan fingerprint density at radius 1 is 0.969 bits per heavy atom. The van der Waals surface area contributed by atoms with Gasteiger partial charge in [0.1, 0.15) is 0 Å². The molecule has 32 heavy (non-hydrogen) atoms. The van der Waals surface area contributed by atoms with E-state index in [0.717, 1.165) is 39.0 Å². The van der Waals surface area contributed by atoms with E-state index in [9.17, 15) is 9.59 Å². The Labute approximate surface area is 190 Å². The lowest BCUT2D eigenvalue weighted by atomic mass is 10.1. The Balaban J connectivity index is 1.27. The van der Waals surface area contributed by atoms with E-state index in [-0.39, 0.29) is 17.7 Å². The minimum absolute atomic E-state index is 0.0940. The molecule has 0 aromatic heterocycles. The summed E-state index contributed by atoms with van der Waals surface area (Å²) >= 11 is 0. The number of hydrogen-bond acceptors (Lipinski definition) is 4. The van der Waals surface area contributed by atoms with Crippen LogP contribution in [0, 0.1) is 17.2 Å². The standard InChI is InChI=1S/C26H30N4O2/c27-18-22-7-9-23(10-8-22)19-28-12-4-13-29(16-15-28)26(32)24-17-25(31)30(20-24)14-11-21-5-2-1-3-6-21/h1-3,5-10,24H,4,11-17,19-20H2/t24-/m0/s1. The van der Waals surface area contributed by atoms with E-state index < -0.39 is 0 Å². The van der Waals surface area contributed by atoms with Crippen molar-refractivity contribution in [2.24, 2.45) is 5.92 Å². The van der Waals surface area contributed by atoms with Gasteiger partial charge in [-0.2, -0.15) is 5.26 Å². The van der Waals surface area contributed by atoms with Crippen LogP contribution in [-0.4, -0.2) is 65.8 Å². The van der Waals surface area contributed by atoms with Gasteiger partial charge in [0, 0.05) is 52.2 Å². The van der Waals surface area contributed by atoms with Crippen LogP contribution in [0.25, 0.3) is 0 Å². The molecular weight excluding hydrogens is 400 g/mol. The Morgan fingerprint density at radius 3 is 2.50 bits per heavy atom. The third-order valence-corrected chi connectivity index (χ3v) is 6.47. The summed E-state index contributed by atoms with van der Waals surface area (Å²) in [7, 11) is 0. The maximum Gasteiger partial charge on any atom is 0.228 e. The summed E-state index contributed by atoms with van der Waals surface area (Å²) in [6, 6.07) is 20.0. The minimum Gasteiger partial charge on any atom is -0.342 e. The molecule has 0 aliphatic carbocycles. The largest absolute Gasteiger partial charge is 0.342 e. The minimum atomic E-state index is -0.219. The van der Waals surface area contributed by atoms with Gasteiger partial charge >= 0.3 is 0 Å². The summed E-state index contributed by atoms with van der Waals surface area (Å²) < 4.78 is 0. The summed E-state index contributed by atoms with van der Waals surface area (Å²) in [6.45, 7) is 5.24. The Hall–Kier alpha value is -3.17. The maximum atomic E-state index is 13.2. The topological polar surface area (TPSA) is 67.6 Å². The molecule has 0 spiro atoms. The van der Waals surface area contributed by atoms with Crippen molar-refractivity contribution < 1.29 is 9.59 Å². The van der Waals surface area contributed by atoms with E-state index in [1.807, 2.05) is 52.3 Å². The van der Waals surface area contributed by atoms with E-state index in [4.69, 9.17) is 5.26 Å². The zero-order valence-electron chi connectivity index (χ0n) is 18.4. The van der Waals surface area contributed by atoms with E-state index >= 15 is 0 Å². The van der Waals surface area contributed by atoms with Crippen molar-refractivity contribution in [1.82, 2.24) is 14.7 Å². The van der Waals surface area contributed by atoms with Crippen LogP contribution in [0.15, 0.2) is 54.6 Å². The molecule has 6 heteroatoms. The van der Waals surface area contributed by atoms with Crippen molar-refractivity contribution in [1.29, 1.82) is 5.26 Å². The molecule has 0 radical (unpaired) electrons. The average molecular weight is 431 g/mol. The monoisotopic (exact) mass is 430 g/mol. The quantitative estimate of drug-likeness (QED) is 0.707. The lowest BCUT2D eigenvalue weighted by molar-refractivity contribution is -0.135. The van der Waals surface area contributed by atoms with Crippen LogP contribution in [0.2, 0.25) is 0 Å². The van der Waals surface area contributed by atoms with Crippen molar-refractivity contribution in [3.63, 3.8) is 0 Å². The number of hydrogen-bond donors (Lipinski definition) is 0. The van der Waals surface area contributed by atoms with Crippen LogP contribution in [0.4, 0.5) is 0 Å². The molecular formula is C26H30N4O2. The smallest absolute Gasteiger partial charge is 0.228 e. The predicted octanol–water partition coefficient (Wildman–Crippen LogP) is 2.68. The number of rotatable bonds is 6. The second-order valence-corrected chi connectivity index (χ2v) is 8.74. The lowest BCUT2D eigenvalue weighted by Crippen LogP contribution is -2.40. The predicted molar refractivity (Wildman–Crippen MR) is 122 cm³/mol. The second kappa shape index (κ2) is 10.4. The SMILES string of the molecule is N#Cc1ccc(CN2CCCN(C(=O)[C@H]3CC(=O)N(CCc4ccccc4)C3)CC2)cc1. The molecule has 2 saturated heterocycles. The number of likely N-dealkylation sites (tertiary alicyclic amines) is 1. The molecule has 1 atom stereocenters. The number of amides is 2. The molecule has 2 amide bonds. The van der Waals surface area contributed by atoms with Crippen LogP contribution in [0.1, 0.15) is 29.5 Å². The zero-order chi connectivity index (χ0) is 22.3. The molecule has 0 bridgehead atoms. The van der Waals surface area contributed by atoms with Gasteiger partial charge in [-0.15, -0.1) is 0 Å². The van der Waals surface area contributed by atoms with Crippen molar-refractivity contribution >= 4 is 11.8 Å².